The van der Waals surface area contributed by atoms with Crippen molar-refractivity contribution in [1.82, 2.24) is 4.90 Å². The van der Waals surface area contributed by atoms with Crippen molar-refractivity contribution < 1.29 is 14.3 Å². The van der Waals surface area contributed by atoms with Gasteiger partial charge in [-0.05, 0) is 24.0 Å². The van der Waals surface area contributed by atoms with Gasteiger partial charge in [0.05, 0.1) is 31.1 Å². The van der Waals surface area contributed by atoms with Gasteiger partial charge in [0.1, 0.15) is 0 Å². The number of imide groups is 1. The minimum absolute atomic E-state index is 0.0668. The van der Waals surface area contributed by atoms with Crippen LogP contribution < -0.4 is 0 Å². The van der Waals surface area contributed by atoms with E-state index in [2.05, 4.69) is 12.1 Å². The molecule has 1 saturated heterocycles. The predicted molar refractivity (Wildman–Crippen MR) is 85.6 cm³/mol. The molecule has 0 radical (unpaired) electrons. The molecule has 4 nitrogen and oxygen atoms in total. The van der Waals surface area contributed by atoms with Crippen LogP contribution in [0.15, 0.2) is 35.4 Å². The van der Waals surface area contributed by atoms with Crippen LogP contribution in [0.3, 0.4) is 0 Å². The Bertz CT molecular complexity index is 699. The van der Waals surface area contributed by atoms with Crippen LogP contribution in [0.1, 0.15) is 24.0 Å². The highest BCUT2D eigenvalue weighted by Gasteiger charge is 2.48. The summed E-state index contributed by atoms with van der Waals surface area (Å²) in [7, 11) is 0. The number of nitrogens with zero attached hydrogens (tertiary/aromatic N) is 1. The fourth-order valence-corrected chi connectivity index (χ4v) is 4.06. The van der Waals surface area contributed by atoms with Crippen LogP contribution in [0.2, 0.25) is 0 Å². The van der Waals surface area contributed by atoms with Crippen molar-refractivity contribution in [3.8, 4) is 0 Å². The van der Waals surface area contributed by atoms with Gasteiger partial charge in [-0.15, -0.1) is 0 Å². The minimum Gasteiger partial charge on any atom is -0.371 e. The number of rotatable bonds is 2. The van der Waals surface area contributed by atoms with E-state index in [-0.39, 0.29) is 29.8 Å². The SMILES string of the molecule is O=C1[C@@H]2CC=C(Cl)C[C@H]2C(=O)N1C[C@@H]1Cc2ccccc2CO1. The van der Waals surface area contributed by atoms with Crippen molar-refractivity contribution in [2.45, 2.75) is 32.0 Å². The molecule has 120 valence electrons. The lowest BCUT2D eigenvalue weighted by Gasteiger charge is -2.28. The van der Waals surface area contributed by atoms with Gasteiger partial charge in [-0.25, -0.2) is 0 Å². The van der Waals surface area contributed by atoms with Gasteiger partial charge in [0.25, 0.3) is 0 Å². The number of allylic oxidation sites excluding steroid dienone is 2. The monoisotopic (exact) mass is 331 g/mol. The van der Waals surface area contributed by atoms with Crippen molar-refractivity contribution >= 4 is 23.4 Å². The van der Waals surface area contributed by atoms with Crippen LogP contribution in [0, 0.1) is 11.8 Å². The molecule has 0 spiro atoms. The Morgan fingerprint density at radius 2 is 1.83 bits per heavy atom. The lowest BCUT2D eigenvalue weighted by atomic mass is 9.85. The Morgan fingerprint density at radius 1 is 1.09 bits per heavy atom. The highest BCUT2D eigenvalue weighted by atomic mass is 35.5. The number of benzene rings is 1. The Kier molecular flexibility index (Phi) is 3.74. The van der Waals surface area contributed by atoms with E-state index < -0.39 is 0 Å². The molecule has 2 amide bonds. The van der Waals surface area contributed by atoms with E-state index in [4.69, 9.17) is 16.3 Å². The Hall–Kier alpha value is -1.65. The first-order valence-corrected chi connectivity index (χ1v) is 8.39. The van der Waals surface area contributed by atoms with E-state index in [0.717, 1.165) is 6.42 Å². The Balaban J connectivity index is 1.48. The molecule has 23 heavy (non-hydrogen) atoms. The summed E-state index contributed by atoms with van der Waals surface area (Å²) >= 11 is 6.05. The maximum Gasteiger partial charge on any atom is 0.233 e. The number of amides is 2. The quantitative estimate of drug-likeness (QED) is 0.783. The fourth-order valence-electron chi connectivity index (χ4n) is 3.81. The Labute approximate surface area is 140 Å². The summed E-state index contributed by atoms with van der Waals surface area (Å²) in [6, 6.07) is 8.15. The highest BCUT2D eigenvalue weighted by molar-refractivity contribution is 6.30. The smallest absolute Gasteiger partial charge is 0.233 e. The maximum atomic E-state index is 12.6. The zero-order valence-corrected chi connectivity index (χ0v) is 13.5. The van der Waals surface area contributed by atoms with Crippen molar-refractivity contribution in [2.75, 3.05) is 6.54 Å². The number of hydrogen-bond donors (Lipinski definition) is 0. The number of hydrogen-bond acceptors (Lipinski definition) is 3. The largest absolute Gasteiger partial charge is 0.371 e. The summed E-state index contributed by atoms with van der Waals surface area (Å²) in [6.45, 7) is 0.883. The number of fused-ring (bicyclic) bond motifs is 2. The van der Waals surface area contributed by atoms with E-state index in [1.807, 2.05) is 18.2 Å². The van der Waals surface area contributed by atoms with Gasteiger partial charge in [-0.1, -0.05) is 41.9 Å². The molecule has 4 rings (SSSR count). The summed E-state index contributed by atoms with van der Waals surface area (Å²) in [5.74, 6) is -0.673. The van der Waals surface area contributed by atoms with Gasteiger partial charge in [0, 0.05) is 11.5 Å². The second-order valence-electron chi connectivity index (χ2n) is 6.50. The fraction of sp³-hybridized carbons (Fsp3) is 0.444. The summed E-state index contributed by atoms with van der Waals surface area (Å²) in [6.07, 6.45) is 3.54. The van der Waals surface area contributed by atoms with Gasteiger partial charge in [0.2, 0.25) is 11.8 Å². The van der Waals surface area contributed by atoms with E-state index in [1.165, 1.54) is 16.0 Å². The molecule has 1 aromatic carbocycles. The van der Waals surface area contributed by atoms with Crippen LogP contribution in [-0.4, -0.2) is 29.4 Å². The van der Waals surface area contributed by atoms with E-state index in [0.29, 0.717) is 31.0 Å². The maximum absolute atomic E-state index is 12.6. The summed E-state index contributed by atoms with van der Waals surface area (Å²) in [5, 5.41) is 0.692. The number of carbonyl (C=O) groups excluding carboxylic acids is 2. The number of carbonyl (C=O) groups is 2. The zero-order chi connectivity index (χ0) is 16.0. The van der Waals surface area contributed by atoms with Crippen LogP contribution in [0.5, 0.6) is 0 Å². The normalized spacial score (nSPS) is 30.0. The van der Waals surface area contributed by atoms with Crippen molar-refractivity contribution in [3.63, 3.8) is 0 Å². The molecule has 5 heteroatoms. The third-order valence-corrected chi connectivity index (χ3v) is 5.40. The first-order valence-electron chi connectivity index (χ1n) is 8.01. The molecule has 2 heterocycles. The summed E-state index contributed by atoms with van der Waals surface area (Å²) < 4.78 is 5.85. The molecule has 0 unspecified atom stereocenters. The van der Waals surface area contributed by atoms with E-state index >= 15 is 0 Å². The predicted octanol–water partition coefficient (Wildman–Crippen LogP) is 2.65. The molecular weight excluding hydrogens is 314 g/mol. The van der Waals surface area contributed by atoms with Gasteiger partial charge < -0.3 is 4.74 Å². The van der Waals surface area contributed by atoms with E-state index in [1.54, 1.807) is 0 Å². The molecule has 2 aliphatic heterocycles. The first-order chi connectivity index (χ1) is 11.1. The standard InChI is InChI=1S/C18H18ClNO3/c19-13-5-6-15-16(8-13)18(22)20(17(15)21)9-14-7-11-3-1-2-4-12(11)10-23-14/h1-5,14-16H,6-10H2/t14-,15+,16+/m0/s1. The summed E-state index contributed by atoms with van der Waals surface area (Å²) in [4.78, 5) is 26.5. The molecule has 0 bridgehead atoms. The van der Waals surface area contributed by atoms with Crippen LogP contribution in [0.25, 0.3) is 0 Å². The molecule has 0 N–H and O–H groups in total. The van der Waals surface area contributed by atoms with Gasteiger partial charge in [0.15, 0.2) is 0 Å². The first kappa shape index (κ1) is 14.9. The highest BCUT2D eigenvalue weighted by Crippen LogP contribution is 2.39. The van der Waals surface area contributed by atoms with Crippen LogP contribution >= 0.6 is 11.6 Å². The third kappa shape index (κ3) is 2.60. The second-order valence-corrected chi connectivity index (χ2v) is 6.98. The van der Waals surface area contributed by atoms with Crippen LogP contribution in [0.4, 0.5) is 0 Å². The average Bonchev–Trinajstić information content (AvgIpc) is 2.79. The summed E-state index contributed by atoms with van der Waals surface area (Å²) in [5.41, 5.74) is 2.43. The van der Waals surface area contributed by atoms with Gasteiger partial charge in [-0.2, -0.15) is 0 Å². The molecule has 1 aliphatic carbocycles. The second kappa shape index (κ2) is 5.77. The molecule has 1 aromatic rings. The molecule has 1 fully saturated rings. The molecule has 3 atom stereocenters. The van der Waals surface area contributed by atoms with Gasteiger partial charge >= 0.3 is 0 Å². The minimum atomic E-state index is -0.282. The zero-order valence-electron chi connectivity index (χ0n) is 12.7. The Morgan fingerprint density at radius 3 is 2.65 bits per heavy atom. The molecular formula is C18H18ClNO3. The number of halogens is 1. The number of ether oxygens (including phenoxy) is 1. The lowest BCUT2D eigenvalue weighted by Crippen LogP contribution is -2.41. The number of likely N-dealkylation sites (tertiary alicyclic amines) is 1. The van der Waals surface area contributed by atoms with Crippen molar-refractivity contribution in [3.05, 3.63) is 46.5 Å². The van der Waals surface area contributed by atoms with Crippen LogP contribution in [-0.2, 0) is 27.4 Å². The average molecular weight is 332 g/mol. The molecule has 0 aromatic heterocycles. The third-order valence-electron chi connectivity index (χ3n) is 5.09. The topological polar surface area (TPSA) is 46.6 Å². The van der Waals surface area contributed by atoms with Gasteiger partial charge in [-0.3, -0.25) is 14.5 Å². The molecule has 3 aliphatic rings. The lowest BCUT2D eigenvalue weighted by molar-refractivity contribution is -0.142. The van der Waals surface area contributed by atoms with Crippen molar-refractivity contribution in [1.29, 1.82) is 0 Å². The van der Waals surface area contributed by atoms with E-state index in [9.17, 15) is 9.59 Å². The van der Waals surface area contributed by atoms with Crippen molar-refractivity contribution in [2.24, 2.45) is 11.8 Å². The molecule has 0 saturated carbocycles.